The van der Waals surface area contributed by atoms with Crippen molar-refractivity contribution >= 4 is 29.1 Å². The lowest BCUT2D eigenvalue weighted by molar-refractivity contribution is -0.137. The number of halogens is 3. The number of hydrogen-bond acceptors (Lipinski definition) is 4. The average molecular weight is 460 g/mol. The second-order valence-electron chi connectivity index (χ2n) is 8.28. The van der Waals surface area contributed by atoms with E-state index in [9.17, 15) is 27.6 Å². The number of rotatable bonds is 7. The van der Waals surface area contributed by atoms with E-state index in [0.717, 1.165) is 11.6 Å². The van der Waals surface area contributed by atoms with Crippen LogP contribution in [0.5, 0.6) is 0 Å². The summed E-state index contributed by atoms with van der Waals surface area (Å²) in [6.45, 7) is 0.204. The SMILES string of the molecule is O=C1CC[C@@H](C(=O)NC2(C(=O)NCc3ccc(Nc4ccccc4C(F)(F)F)cc3)CC2)N1. The quantitative estimate of drug-likeness (QED) is 0.511. The lowest BCUT2D eigenvalue weighted by atomic mass is 10.1. The molecule has 1 atom stereocenters. The van der Waals surface area contributed by atoms with Gasteiger partial charge in [-0.05, 0) is 49.1 Å². The summed E-state index contributed by atoms with van der Waals surface area (Å²) in [6, 6.07) is 11.3. The predicted octanol–water partition coefficient (Wildman–Crippen LogP) is 2.99. The fourth-order valence-electron chi connectivity index (χ4n) is 3.72. The van der Waals surface area contributed by atoms with Crippen molar-refractivity contribution in [3.63, 3.8) is 0 Å². The number of nitrogens with one attached hydrogen (secondary N) is 4. The summed E-state index contributed by atoms with van der Waals surface area (Å²) in [5.74, 6) is -0.839. The number of carbonyl (C=O) groups is 3. The highest BCUT2D eigenvalue weighted by Gasteiger charge is 2.52. The summed E-state index contributed by atoms with van der Waals surface area (Å²) in [7, 11) is 0. The Bertz CT molecular complexity index is 1070. The van der Waals surface area contributed by atoms with Gasteiger partial charge in [0.2, 0.25) is 17.7 Å². The largest absolute Gasteiger partial charge is 0.418 e. The highest BCUT2D eigenvalue weighted by atomic mass is 19.4. The number of carbonyl (C=O) groups excluding carboxylic acids is 3. The first-order valence-corrected chi connectivity index (χ1v) is 10.6. The van der Waals surface area contributed by atoms with Crippen molar-refractivity contribution in [2.75, 3.05) is 5.32 Å². The van der Waals surface area contributed by atoms with Crippen molar-refractivity contribution in [1.29, 1.82) is 0 Å². The molecule has 1 heterocycles. The zero-order valence-electron chi connectivity index (χ0n) is 17.6. The summed E-state index contributed by atoms with van der Waals surface area (Å²) in [6.07, 6.45) is -2.72. The molecule has 10 heteroatoms. The minimum atomic E-state index is -4.47. The number of amides is 3. The fourth-order valence-corrected chi connectivity index (χ4v) is 3.72. The number of hydrogen-bond donors (Lipinski definition) is 4. The monoisotopic (exact) mass is 460 g/mol. The molecular weight excluding hydrogens is 437 g/mol. The van der Waals surface area contributed by atoms with Gasteiger partial charge in [0.05, 0.1) is 11.3 Å². The number of para-hydroxylation sites is 1. The van der Waals surface area contributed by atoms with E-state index in [1.54, 1.807) is 24.3 Å². The van der Waals surface area contributed by atoms with Crippen LogP contribution in [0.1, 0.15) is 36.8 Å². The van der Waals surface area contributed by atoms with Gasteiger partial charge in [-0.25, -0.2) is 0 Å². The average Bonchev–Trinajstić information content (AvgIpc) is 3.43. The molecule has 174 valence electrons. The van der Waals surface area contributed by atoms with E-state index < -0.39 is 23.3 Å². The second kappa shape index (κ2) is 8.76. The maximum Gasteiger partial charge on any atom is 0.418 e. The third kappa shape index (κ3) is 5.27. The van der Waals surface area contributed by atoms with Crippen molar-refractivity contribution < 1.29 is 27.6 Å². The number of alkyl halides is 3. The maximum absolute atomic E-state index is 13.2. The molecule has 2 aliphatic rings. The Morgan fingerprint density at radius 2 is 1.76 bits per heavy atom. The van der Waals surface area contributed by atoms with Gasteiger partial charge < -0.3 is 21.3 Å². The summed E-state index contributed by atoms with van der Waals surface area (Å²) >= 11 is 0. The topological polar surface area (TPSA) is 99.3 Å². The van der Waals surface area contributed by atoms with Crippen LogP contribution in [0.25, 0.3) is 0 Å². The first-order valence-electron chi connectivity index (χ1n) is 10.6. The van der Waals surface area contributed by atoms with Gasteiger partial charge in [-0.1, -0.05) is 24.3 Å². The van der Waals surface area contributed by atoms with Crippen LogP contribution in [0.3, 0.4) is 0 Å². The first kappa shape index (κ1) is 22.6. The zero-order valence-corrected chi connectivity index (χ0v) is 17.6. The second-order valence-corrected chi connectivity index (χ2v) is 8.28. The summed E-state index contributed by atoms with van der Waals surface area (Å²) in [5.41, 5.74) is -0.520. The highest BCUT2D eigenvalue weighted by Crippen LogP contribution is 2.37. The maximum atomic E-state index is 13.2. The highest BCUT2D eigenvalue weighted by molar-refractivity contribution is 5.97. The molecule has 2 aromatic carbocycles. The Kier molecular flexibility index (Phi) is 6.01. The van der Waals surface area contributed by atoms with Gasteiger partial charge in [0.15, 0.2) is 0 Å². The van der Waals surface area contributed by atoms with Crippen molar-refractivity contribution in [3.05, 3.63) is 59.7 Å². The molecule has 0 radical (unpaired) electrons. The molecule has 1 saturated carbocycles. The molecular formula is C23H23F3N4O3. The van der Waals surface area contributed by atoms with E-state index in [0.29, 0.717) is 31.4 Å². The lowest BCUT2D eigenvalue weighted by Gasteiger charge is -2.20. The van der Waals surface area contributed by atoms with Crippen LogP contribution in [0, 0.1) is 0 Å². The Morgan fingerprint density at radius 3 is 2.36 bits per heavy atom. The minimum Gasteiger partial charge on any atom is -0.355 e. The first-order chi connectivity index (χ1) is 15.7. The molecule has 1 saturated heterocycles. The van der Waals surface area contributed by atoms with Gasteiger partial charge in [-0.2, -0.15) is 13.2 Å². The van der Waals surface area contributed by atoms with Crippen molar-refractivity contribution in [1.82, 2.24) is 16.0 Å². The van der Waals surface area contributed by atoms with Gasteiger partial charge >= 0.3 is 6.18 Å². The number of anilines is 2. The molecule has 2 aromatic rings. The minimum absolute atomic E-state index is 0.0454. The molecule has 0 bridgehead atoms. The molecule has 33 heavy (non-hydrogen) atoms. The molecule has 0 spiro atoms. The van der Waals surface area contributed by atoms with Crippen LogP contribution < -0.4 is 21.3 Å². The molecule has 0 unspecified atom stereocenters. The molecule has 3 amide bonds. The normalized spacial score (nSPS) is 18.9. The van der Waals surface area contributed by atoms with Crippen molar-refractivity contribution in [3.8, 4) is 0 Å². The van der Waals surface area contributed by atoms with Gasteiger partial charge in [-0.15, -0.1) is 0 Å². The lowest BCUT2D eigenvalue weighted by Crippen LogP contribution is -2.53. The molecule has 1 aliphatic carbocycles. The van der Waals surface area contributed by atoms with Crippen LogP contribution in [0.15, 0.2) is 48.5 Å². The van der Waals surface area contributed by atoms with Crippen LogP contribution in [-0.4, -0.2) is 29.3 Å². The van der Waals surface area contributed by atoms with Crippen LogP contribution in [0.4, 0.5) is 24.5 Å². The predicted molar refractivity (Wildman–Crippen MR) is 114 cm³/mol. The third-order valence-electron chi connectivity index (χ3n) is 5.78. The van der Waals surface area contributed by atoms with E-state index in [-0.39, 0.29) is 30.0 Å². The Morgan fingerprint density at radius 1 is 1.06 bits per heavy atom. The Labute approximate surface area is 188 Å². The summed E-state index contributed by atoms with van der Waals surface area (Å²) in [4.78, 5) is 36.2. The Hall–Kier alpha value is -3.56. The third-order valence-corrected chi connectivity index (χ3v) is 5.78. The molecule has 4 N–H and O–H groups in total. The number of benzene rings is 2. The molecule has 2 fully saturated rings. The van der Waals surface area contributed by atoms with Gasteiger partial charge in [0.1, 0.15) is 11.6 Å². The van der Waals surface area contributed by atoms with Gasteiger partial charge in [0, 0.05) is 18.7 Å². The van der Waals surface area contributed by atoms with E-state index in [1.165, 1.54) is 18.2 Å². The molecule has 7 nitrogen and oxygen atoms in total. The van der Waals surface area contributed by atoms with Crippen LogP contribution in [0.2, 0.25) is 0 Å². The Balaban J connectivity index is 1.31. The van der Waals surface area contributed by atoms with Crippen molar-refractivity contribution in [2.45, 2.75) is 50.0 Å². The van der Waals surface area contributed by atoms with Crippen LogP contribution >= 0.6 is 0 Å². The molecule has 4 rings (SSSR count). The van der Waals surface area contributed by atoms with E-state index in [2.05, 4.69) is 21.3 Å². The fraction of sp³-hybridized carbons (Fsp3) is 0.348. The molecule has 1 aliphatic heterocycles. The van der Waals surface area contributed by atoms with Gasteiger partial charge in [0.25, 0.3) is 0 Å². The summed E-state index contributed by atoms with van der Waals surface area (Å²) in [5, 5.41) is 10.9. The van der Waals surface area contributed by atoms with Crippen LogP contribution in [-0.2, 0) is 27.1 Å². The smallest absolute Gasteiger partial charge is 0.355 e. The van der Waals surface area contributed by atoms with Crippen molar-refractivity contribution in [2.24, 2.45) is 0 Å². The standard InChI is InChI=1S/C23H23F3N4O3/c24-23(25,26)16-3-1-2-4-17(16)28-15-7-5-14(6-8-15)13-27-21(33)22(11-12-22)30-20(32)18-9-10-19(31)29-18/h1-8,18,28H,9-13H2,(H,27,33)(H,29,31)(H,30,32)/t18-/m0/s1. The zero-order chi connectivity index (χ0) is 23.6. The summed E-state index contributed by atoms with van der Waals surface area (Å²) < 4.78 is 39.5. The van der Waals surface area contributed by atoms with E-state index in [4.69, 9.17) is 0 Å². The van der Waals surface area contributed by atoms with E-state index in [1.807, 2.05) is 0 Å². The molecule has 0 aromatic heterocycles. The van der Waals surface area contributed by atoms with E-state index >= 15 is 0 Å². The van der Waals surface area contributed by atoms with Gasteiger partial charge in [-0.3, -0.25) is 14.4 Å².